The van der Waals surface area contributed by atoms with E-state index in [4.69, 9.17) is 10.5 Å². The molecule has 0 aliphatic heterocycles. The van der Waals surface area contributed by atoms with Gasteiger partial charge in [0.25, 0.3) is 0 Å². The summed E-state index contributed by atoms with van der Waals surface area (Å²) in [7, 11) is 0. The quantitative estimate of drug-likeness (QED) is 0.619. The van der Waals surface area contributed by atoms with Gasteiger partial charge in [-0.1, -0.05) is 85.4 Å². The number of rotatable bonds is 1. The first-order valence-corrected chi connectivity index (χ1v) is 8.68. The molecule has 0 saturated carbocycles. The molecule has 2 heteroatoms. The van der Waals surface area contributed by atoms with Crippen molar-refractivity contribution in [2.75, 3.05) is 0 Å². The Morgan fingerprint density at radius 1 is 0.880 bits per heavy atom. The predicted molar refractivity (Wildman–Crippen MR) is 105 cm³/mol. The third kappa shape index (κ3) is 9.14. The van der Waals surface area contributed by atoms with Crippen molar-refractivity contribution < 1.29 is 0 Å². The molecule has 0 saturated heterocycles. The molecule has 1 aromatic rings. The highest BCUT2D eigenvalue weighted by atomic mass is 14.3. The second-order valence-corrected chi connectivity index (χ2v) is 6.06. The summed E-state index contributed by atoms with van der Waals surface area (Å²) >= 11 is 0. The summed E-state index contributed by atoms with van der Waals surface area (Å²) in [5.41, 5.74) is 1.90. The minimum Gasteiger partial charge on any atom is -0.196 e. The van der Waals surface area contributed by atoms with Crippen molar-refractivity contribution in [3.63, 3.8) is 0 Å². The molecule has 2 aliphatic carbocycles. The van der Waals surface area contributed by atoms with Gasteiger partial charge in [-0.25, -0.2) is 0 Å². The van der Waals surface area contributed by atoms with Crippen LogP contribution in [0.1, 0.15) is 43.2 Å². The van der Waals surface area contributed by atoms with Crippen molar-refractivity contribution in [1.29, 1.82) is 10.5 Å². The average molecular weight is 330 g/mol. The van der Waals surface area contributed by atoms with Crippen LogP contribution in [0.2, 0.25) is 0 Å². The summed E-state index contributed by atoms with van der Waals surface area (Å²) in [5, 5.41) is 17.2. The molecular formula is C23H26N2. The number of nitrogens with zero attached hydrogens (tertiary/aromatic N) is 2. The van der Waals surface area contributed by atoms with Crippen molar-refractivity contribution in [3.8, 4) is 12.1 Å². The number of hydrogen-bond donors (Lipinski definition) is 0. The highest BCUT2D eigenvalue weighted by Crippen LogP contribution is 2.14. The molecule has 0 heterocycles. The van der Waals surface area contributed by atoms with Gasteiger partial charge in [0, 0.05) is 0 Å². The average Bonchev–Trinajstić information content (AvgIpc) is 2.67. The smallest absolute Gasteiger partial charge is 0.158 e. The van der Waals surface area contributed by atoms with E-state index in [2.05, 4.69) is 55.5 Å². The largest absolute Gasteiger partial charge is 0.196 e. The van der Waals surface area contributed by atoms with E-state index in [9.17, 15) is 0 Å². The monoisotopic (exact) mass is 330 g/mol. The van der Waals surface area contributed by atoms with E-state index >= 15 is 0 Å². The number of benzene rings is 1. The Hall–Kier alpha value is -2.84. The number of hydrogen-bond acceptors (Lipinski definition) is 2. The lowest BCUT2D eigenvalue weighted by Gasteiger charge is -2.02. The van der Waals surface area contributed by atoms with Gasteiger partial charge in [0.15, 0.2) is 5.92 Å². The van der Waals surface area contributed by atoms with Gasteiger partial charge in [-0.15, -0.1) is 0 Å². The first-order valence-electron chi connectivity index (χ1n) is 8.68. The maximum Gasteiger partial charge on any atom is 0.158 e. The summed E-state index contributed by atoms with van der Waals surface area (Å²) in [6.45, 7) is 4.19. The van der Waals surface area contributed by atoms with Crippen LogP contribution >= 0.6 is 0 Å². The van der Waals surface area contributed by atoms with Crippen LogP contribution in [-0.4, -0.2) is 0 Å². The van der Waals surface area contributed by atoms with Crippen molar-refractivity contribution in [3.05, 3.63) is 84.0 Å². The maximum atomic E-state index is 8.58. The third-order valence-electron chi connectivity index (χ3n) is 3.75. The van der Waals surface area contributed by atoms with Gasteiger partial charge in [0.05, 0.1) is 12.1 Å². The van der Waals surface area contributed by atoms with Crippen LogP contribution in [0.5, 0.6) is 0 Å². The van der Waals surface area contributed by atoms with Crippen LogP contribution in [0, 0.1) is 35.5 Å². The maximum absolute atomic E-state index is 8.58. The summed E-state index contributed by atoms with van der Waals surface area (Å²) in [5.74, 6) is 0.135. The number of nitriles is 2. The summed E-state index contributed by atoms with van der Waals surface area (Å²) in [6, 6.07) is 11.3. The van der Waals surface area contributed by atoms with Crippen LogP contribution in [0.25, 0.3) is 0 Å². The Morgan fingerprint density at radius 3 is 1.76 bits per heavy atom. The van der Waals surface area contributed by atoms with E-state index in [1.807, 2.05) is 43.3 Å². The van der Waals surface area contributed by atoms with Crippen LogP contribution < -0.4 is 0 Å². The molecule has 1 aromatic carbocycles. The zero-order valence-corrected chi connectivity index (χ0v) is 15.1. The summed E-state index contributed by atoms with van der Waals surface area (Å²) in [6.07, 6.45) is 20.8. The van der Waals surface area contributed by atoms with Crippen LogP contribution in [0.3, 0.4) is 0 Å². The number of allylic oxidation sites excluding steroid dienone is 8. The van der Waals surface area contributed by atoms with Gasteiger partial charge in [-0.05, 0) is 37.7 Å². The summed E-state index contributed by atoms with van der Waals surface area (Å²) < 4.78 is 0. The van der Waals surface area contributed by atoms with Crippen LogP contribution in [-0.2, 0) is 0 Å². The number of aryl methyl sites for hydroxylation is 1. The molecule has 0 N–H and O–H groups in total. The van der Waals surface area contributed by atoms with Crippen LogP contribution in [0.4, 0.5) is 0 Å². The lowest BCUT2D eigenvalue weighted by Crippen LogP contribution is -1.90. The minimum absolute atomic E-state index is 0.634. The molecule has 2 nitrogen and oxygen atoms in total. The molecule has 0 fully saturated rings. The highest BCUT2D eigenvalue weighted by Gasteiger charge is 2.06. The third-order valence-corrected chi connectivity index (χ3v) is 3.75. The van der Waals surface area contributed by atoms with Crippen molar-refractivity contribution >= 4 is 0 Å². The molecule has 0 aromatic heterocycles. The molecule has 2 aliphatic rings. The van der Waals surface area contributed by atoms with E-state index in [1.165, 1.54) is 19.3 Å². The van der Waals surface area contributed by atoms with Gasteiger partial charge >= 0.3 is 0 Å². The lowest BCUT2D eigenvalue weighted by molar-refractivity contribution is 0.737. The van der Waals surface area contributed by atoms with Gasteiger partial charge in [0.1, 0.15) is 0 Å². The normalized spacial score (nSPS) is 16.8. The Morgan fingerprint density at radius 2 is 1.44 bits per heavy atom. The minimum atomic E-state index is -0.634. The predicted octanol–water partition coefficient (Wildman–Crippen LogP) is 6.16. The fourth-order valence-corrected chi connectivity index (χ4v) is 2.18. The second-order valence-electron chi connectivity index (χ2n) is 6.06. The van der Waals surface area contributed by atoms with E-state index in [0.717, 1.165) is 17.0 Å². The molecule has 0 radical (unpaired) electrons. The van der Waals surface area contributed by atoms with E-state index in [-0.39, 0.29) is 0 Å². The fourth-order valence-electron chi connectivity index (χ4n) is 2.18. The van der Waals surface area contributed by atoms with Gasteiger partial charge < -0.3 is 0 Å². The molecule has 25 heavy (non-hydrogen) atoms. The first-order chi connectivity index (χ1) is 12.2. The zero-order valence-electron chi connectivity index (χ0n) is 15.1. The Labute approximate surface area is 152 Å². The van der Waals surface area contributed by atoms with Crippen LogP contribution in [0.15, 0.2) is 72.9 Å². The molecule has 3 rings (SSSR count). The molecule has 0 spiro atoms. The first kappa shape index (κ1) is 20.2. The van der Waals surface area contributed by atoms with Crippen molar-refractivity contribution in [1.82, 2.24) is 0 Å². The van der Waals surface area contributed by atoms with Gasteiger partial charge in [-0.2, -0.15) is 10.5 Å². The van der Waals surface area contributed by atoms with Crippen molar-refractivity contribution in [2.24, 2.45) is 5.92 Å². The van der Waals surface area contributed by atoms with Gasteiger partial charge in [-0.3, -0.25) is 0 Å². The molecule has 0 bridgehead atoms. The Balaban J connectivity index is 0.000000203. The molecule has 1 unspecified atom stereocenters. The Kier molecular flexibility index (Phi) is 10.2. The van der Waals surface area contributed by atoms with E-state index in [1.54, 1.807) is 0 Å². The fraction of sp³-hybridized carbons (Fsp3) is 0.304. The Bertz CT molecular complexity index is 665. The SMILES string of the molecule is C1=CCCC=C1.CC1C=CC=CC1.Cc1ccc(C(C#N)C#N)cc1. The molecule has 1 atom stereocenters. The molecule has 128 valence electrons. The summed E-state index contributed by atoms with van der Waals surface area (Å²) in [4.78, 5) is 0. The molecule has 0 amide bonds. The lowest BCUT2D eigenvalue weighted by atomic mass is 10.0. The molecular weight excluding hydrogens is 304 g/mol. The van der Waals surface area contributed by atoms with Crippen molar-refractivity contribution in [2.45, 2.75) is 39.0 Å². The highest BCUT2D eigenvalue weighted by molar-refractivity contribution is 5.32. The second kappa shape index (κ2) is 12.6. The topological polar surface area (TPSA) is 47.6 Å². The zero-order chi connectivity index (χ0) is 18.3. The standard InChI is InChI=1S/C10H8N2.C7H10.C6H8/c1-8-2-4-9(5-3-8)10(6-11)7-12;1-7-5-3-2-4-6-7;1-2-4-6-5-3-1/h2-5,10H,1H3;2-5,7H,6H2,1H3;1-4H,5-6H2. The van der Waals surface area contributed by atoms with E-state index in [0.29, 0.717) is 0 Å². The van der Waals surface area contributed by atoms with E-state index < -0.39 is 5.92 Å². The van der Waals surface area contributed by atoms with Gasteiger partial charge in [0.2, 0.25) is 0 Å².